The molecule has 1 amide bonds. The van der Waals surface area contributed by atoms with Crippen LogP contribution in [0.1, 0.15) is 22.8 Å². The highest BCUT2D eigenvalue weighted by atomic mass is 79.9. The number of amides is 1. The van der Waals surface area contributed by atoms with Crippen molar-refractivity contribution in [1.29, 1.82) is 0 Å². The molecule has 0 spiro atoms. The number of aromatic nitrogens is 1. The van der Waals surface area contributed by atoms with Crippen molar-refractivity contribution in [3.8, 4) is 0 Å². The zero-order valence-electron chi connectivity index (χ0n) is 11.4. The fourth-order valence-electron chi connectivity index (χ4n) is 1.85. The fourth-order valence-corrected chi connectivity index (χ4v) is 2.26. The second-order valence-corrected chi connectivity index (χ2v) is 5.21. The number of carbonyl (C=O) groups excluding carboxylic acids is 1. The summed E-state index contributed by atoms with van der Waals surface area (Å²) in [5.41, 5.74) is 2.46. The van der Waals surface area contributed by atoms with Gasteiger partial charge < -0.3 is 10.6 Å². The topological polar surface area (TPSA) is 54.0 Å². The van der Waals surface area contributed by atoms with E-state index in [1.54, 1.807) is 25.4 Å². The quantitative estimate of drug-likeness (QED) is 0.896. The number of anilines is 2. The Kier molecular flexibility index (Phi) is 4.74. The van der Waals surface area contributed by atoms with Crippen LogP contribution in [-0.2, 0) is 6.42 Å². The molecular formula is C15H16BrN3O. The number of nitrogens with one attached hydrogen (secondary N) is 2. The van der Waals surface area contributed by atoms with Gasteiger partial charge in [-0.1, -0.05) is 22.9 Å². The maximum atomic E-state index is 12.2. The Morgan fingerprint density at radius 1 is 1.30 bits per heavy atom. The summed E-state index contributed by atoms with van der Waals surface area (Å²) in [5.74, 6) is 0.580. The molecule has 5 heteroatoms. The summed E-state index contributed by atoms with van der Waals surface area (Å²) in [6.45, 7) is 2.06. The van der Waals surface area contributed by atoms with Crippen molar-refractivity contribution < 1.29 is 4.79 Å². The number of carbonyl (C=O) groups is 1. The lowest BCUT2D eigenvalue weighted by Gasteiger charge is -2.10. The normalized spacial score (nSPS) is 10.2. The Bertz CT molecular complexity index is 611. The van der Waals surface area contributed by atoms with E-state index in [4.69, 9.17) is 0 Å². The van der Waals surface area contributed by atoms with Gasteiger partial charge in [0.05, 0.1) is 5.56 Å². The van der Waals surface area contributed by atoms with Crippen LogP contribution < -0.4 is 10.6 Å². The third kappa shape index (κ3) is 3.36. The smallest absolute Gasteiger partial charge is 0.257 e. The third-order valence-electron chi connectivity index (χ3n) is 2.98. The van der Waals surface area contributed by atoms with E-state index >= 15 is 0 Å². The van der Waals surface area contributed by atoms with Crippen molar-refractivity contribution in [1.82, 2.24) is 4.98 Å². The van der Waals surface area contributed by atoms with E-state index in [0.29, 0.717) is 5.56 Å². The van der Waals surface area contributed by atoms with Gasteiger partial charge in [-0.05, 0) is 42.3 Å². The van der Waals surface area contributed by atoms with Crippen LogP contribution in [0.5, 0.6) is 0 Å². The van der Waals surface area contributed by atoms with Crippen LogP contribution in [0, 0.1) is 0 Å². The molecule has 4 nitrogen and oxygen atoms in total. The summed E-state index contributed by atoms with van der Waals surface area (Å²) in [5, 5.41) is 5.84. The number of hydrogen-bond acceptors (Lipinski definition) is 3. The molecule has 0 saturated carbocycles. The van der Waals surface area contributed by atoms with Crippen molar-refractivity contribution in [2.45, 2.75) is 13.3 Å². The zero-order chi connectivity index (χ0) is 14.5. The third-order valence-corrected chi connectivity index (χ3v) is 3.47. The molecule has 2 aromatic rings. The molecule has 2 rings (SSSR count). The van der Waals surface area contributed by atoms with E-state index in [2.05, 4.69) is 38.5 Å². The van der Waals surface area contributed by atoms with Crippen LogP contribution in [0.3, 0.4) is 0 Å². The lowest BCUT2D eigenvalue weighted by molar-refractivity contribution is 0.102. The monoisotopic (exact) mass is 333 g/mol. The number of pyridine rings is 1. The molecule has 0 aliphatic carbocycles. The average Bonchev–Trinajstić information content (AvgIpc) is 2.49. The molecule has 0 saturated heterocycles. The lowest BCUT2D eigenvalue weighted by Crippen LogP contribution is -2.13. The lowest BCUT2D eigenvalue weighted by atomic mass is 10.1. The van der Waals surface area contributed by atoms with Gasteiger partial charge >= 0.3 is 0 Å². The first-order valence-corrected chi connectivity index (χ1v) is 7.17. The van der Waals surface area contributed by atoms with E-state index < -0.39 is 0 Å². The van der Waals surface area contributed by atoms with Gasteiger partial charge in [-0.15, -0.1) is 0 Å². The molecule has 104 valence electrons. The fraction of sp³-hybridized carbons (Fsp3) is 0.200. The first-order chi connectivity index (χ1) is 9.63. The molecule has 0 aliphatic rings. The van der Waals surface area contributed by atoms with Crippen molar-refractivity contribution in [2.24, 2.45) is 0 Å². The summed E-state index contributed by atoms with van der Waals surface area (Å²) < 4.78 is 1.01. The van der Waals surface area contributed by atoms with E-state index in [-0.39, 0.29) is 5.91 Å². The molecule has 20 heavy (non-hydrogen) atoms. The second-order valence-electron chi connectivity index (χ2n) is 4.29. The predicted octanol–water partition coefficient (Wildman–Crippen LogP) is 3.70. The van der Waals surface area contributed by atoms with Gasteiger partial charge in [0.25, 0.3) is 5.91 Å². The van der Waals surface area contributed by atoms with Gasteiger partial charge in [0.2, 0.25) is 0 Å². The van der Waals surface area contributed by atoms with Crippen LogP contribution in [0.4, 0.5) is 11.5 Å². The number of nitrogens with zero attached hydrogens (tertiary/aromatic N) is 1. The molecule has 1 aromatic carbocycles. The van der Waals surface area contributed by atoms with Crippen molar-refractivity contribution in [3.05, 3.63) is 52.1 Å². The highest BCUT2D eigenvalue weighted by Gasteiger charge is 2.09. The molecule has 1 heterocycles. The Morgan fingerprint density at radius 2 is 2.10 bits per heavy atom. The summed E-state index contributed by atoms with van der Waals surface area (Å²) in [7, 11) is 1.79. The summed E-state index contributed by atoms with van der Waals surface area (Å²) in [6, 6.07) is 9.35. The maximum absolute atomic E-state index is 12.2. The minimum atomic E-state index is -0.155. The highest BCUT2D eigenvalue weighted by molar-refractivity contribution is 9.10. The first kappa shape index (κ1) is 14.5. The predicted molar refractivity (Wildman–Crippen MR) is 85.3 cm³/mol. The van der Waals surface area contributed by atoms with E-state index in [1.807, 2.05) is 18.2 Å². The van der Waals surface area contributed by atoms with Crippen LogP contribution >= 0.6 is 15.9 Å². The highest BCUT2D eigenvalue weighted by Crippen LogP contribution is 2.22. The minimum Gasteiger partial charge on any atom is -0.373 e. The summed E-state index contributed by atoms with van der Waals surface area (Å²) in [4.78, 5) is 16.3. The Hall–Kier alpha value is -1.88. The van der Waals surface area contributed by atoms with Gasteiger partial charge in [0, 0.05) is 23.4 Å². The van der Waals surface area contributed by atoms with Crippen LogP contribution in [0.2, 0.25) is 0 Å². The molecular weight excluding hydrogens is 318 g/mol. The SMILES string of the molecule is CCc1cc(Br)ccc1NC(=O)c1ccc(NC)nc1. The first-order valence-electron chi connectivity index (χ1n) is 6.37. The standard InChI is InChI=1S/C15H16BrN3O/c1-3-10-8-12(16)5-6-13(10)19-15(20)11-4-7-14(17-2)18-9-11/h4-9H,3H2,1-2H3,(H,17,18)(H,19,20). The number of benzene rings is 1. The second kappa shape index (κ2) is 6.52. The van der Waals surface area contributed by atoms with Crippen molar-refractivity contribution in [3.63, 3.8) is 0 Å². The molecule has 0 aliphatic heterocycles. The summed E-state index contributed by atoms with van der Waals surface area (Å²) >= 11 is 3.43. The van der Waals surface area contributed by atoms with Crippen LogP contribution in [0.15, 0.2) is 41.0 Å². The number of hydrogen-bond donors (Lipinski definition) is 2. The number of rotatable bonds is 4. The van der Waals surface area contributed by atoms with Gasteiger partial charge in [0.15, 0.2) is 0 Å². The molecule has 0 atom stereocenters. The van der Waals surface area contributed by atoms with Crippen molar-refractivity contribution >= 4 is 33.3 Å². The van der Waals surface area contributed by atoms with Gasteiger partial charge in [-0.3, -0.25) is 4.79 Å². The molecule has 0 unspecified atom stereocenters. The van der Waals surface area contributed by atoms with Crippen molar-refractivity contribution in [2.75, 3.05) is 17.7 Å². The molecule has 0 fully saturated rings. The maximum Gasteiger partial charge on any atom is 0.257 e. The molecule has 2 N–H and O–H groups in total. The van der Waals surface area contributed by atoms with Gasteiger partial charge in [0.1, 0.15) is 5.82 Å². The van der Waals surface area contributed by atoms with Gasteiger partial charge in [-0.2, -0.15) is 0 Å². The van der Waals surface area contributed by atoms with Crippen LogP contribution in [0.25, 0.3) is 0 Å². The Morgan fingerprint density at radius 3 is 2.70 bits per heavy atom. The van der Waals surface area contributed by atoms with Crippen LogP contribution in [-0.4, -0.2) is 17.9 Å². The Balaban J connectivity index is 2.18. The van der Waals surface area contributed by atoms with E-state index in [0.717, 1.165) is 28.0 Å². The van der Waals surface area contributed by atoms with Gasteiger partial charge in [-0.25, -0.2) is 4.98 Å². The largest absolute Gasteiger partial charge is 0.373 e. The Labute approximate surface area is 126 Å². The molecule has 0 bridgehead atoms. The van der Waals surface area contributed by atoms with E-state index in [1.165, 1.54) is 0 Å². The van der Waals surface area contributed by atoms with E-state index in [9.17, 15) is 4.79 Å². The molecule has 0 radical (unpaired) electrons. The molecule has 1 aromatic heterocycles. The number of halogens is 1. The number of aryl methyl sites for hydroxylation is 1. The summed E-state index contributed by atoms with van der Waals surface area (Å²) in [6.07, 6.45) is 2.41. The zero-order valence-corrected chi connectivity index (χ0v) is 13.0. The average molecular weight is 334 g/mol. The minimum absolute atomic E-state index is 0.155.